The Labute approximate surface area is 252 Å². The summed E-state index contributed by atoms with van der Waals surface area (Å²) in [5, 5.41) is 36.1. The first-order chi connectivity index (χ1) is 20.9. The normalized spacial score (nSPS) is 13.6. The number of amides is 4. The molecule has 0 aliphatic rings. The van der Waals surface area contributed by atoms with E-state index in [0.717, 1.165) is 0 Å². The minimum Gasteiger partial charge on any atom is -0.508 e. The van der Waals surface area contributed by atoms with Gasteiger partial charge in [0.15, 0.2) is 0 Å². The average molecular weight is 610 g/mol. The van der Waals surface area contributed by atoms with E-state index >= 15 is 0 Å². The number of carbonyl (C=O) groups excluding carboxylic acids is 4. The Kier molecular flexibility index (Phi) is 11.8. The van der Waals surface area contributed by atoms with E-state index in [4.69, 9.17) is 11.5 Å². The average Bonchev–Trinajstić information content (AvgIpc) is 3.49. The maximum Gasteiger partial charge on any atom is 0.326 e. The van der Waals surface area contributed by atoms with E-state index in [9.17, 15) is 39.3 Å². The van der Waals surface area contributed by atoms with Gasteiger partial charge in [-0.25, -0.2) is 9.78 Å². The summed E-state index contributed by atoms with van der Waals surface area (Å²) in [5.74, 6) is -4.43. The van der Waals surface area contributed by atoms with Crippen LogP contribution in [-0.4, -0.2) is 79.1 Å². The summed E-state index contributed by atoms with van der Waals surface area (Å²) in [6.07, 6.45) is 2.19. The largest absolute Gasteiger partial charge is 0.508 e. The molecule has 0 aliphatic heterocycles. The van der Waals surface area contributed by atoms with Crippen LogP contribution in [0.1, 0.15) is 29.7 Å². The number of H-pyrrole nitrogens is 1. The lowest BCUT2D eigenvalue weighted by Crippen LogP contribution is -2.58. The molecule has 44 heavy (non-hydrogen) atoms. The summed E-state index contributed by atoms with van der Waals surface area (Å²) < 4.78 is 0. The number of primary amides is 1. The van der Waals surface area contributed by atoms with Gasteiger partial charge in [0.1, 0.15) is 29.6 Å². The highest BCUT2D eigenvalue weighted by Crippen LogP contribution is 2.13. The van der Waals surface area contributed by atoms with Crippen molar-refractivity contribution in [3.05, 3.63) is 77.9 Å². The maximum atomic E-state index is 13.5. The molecule has 3 aromatic rings. The fraction of sp³-hybridized carbons (Fsp3) is 0.310. The van der Waals surface area contributed by atoms with Gasteiger partial charge >= 0.3 is 5.97 Å². The number of aliphatic carboxylic acids is 1. The van der Waals surface area contributed by atoms with Gasteiger partial charge in [-0.1, -0.05) is 24.3 Å². The molecule has 3 rings (SSSR count). The van der Waals surface area contributed by atoms with Crippen molar-refractivity contribution in [3.63, 3.8) is 0 Å². The molecule has 2 aromatic carbocycles. The third-order valence-corrected chi connectivity index (χ3v) is 6.64. The first-order valence-electron chi connectivity index (χ1n) is 13.6. The minimum atomic E-state index is -1.40. The topological polar surface area (TPSA) is 263 Å². The molecule has 15 nitrogen and oxygen atoms in total. The first-order valence-corrected chi connectivity index (χ1v) is 13.6. The van der Waals surface area contributed by atoms with Crippen LogP contribution in [-0.2, 0) is 43.2 Å². The van der Waals surface area contributed by atoms with Crippen molar-refractivity contribution in [2.24, 2.45) is 11.5 Å². The van der Waals surface area contributed by atoms with E-state index in [0.29, 0.717) is 16.8 Å². The number of benzene rings is 2. The van der Waals surface area contributed by atoms with Gasteiger partial charge in [-0.15, -0.1) is 0 Å². The summed E-state index contributed by atoms with van der Waals surface area (Å²) in [6, 6.07) is 6.74. The number of phenolic OH excluding ortho intramolecular Hbond substituents is 2. The number of rotatable bonds is 16. The van der Waals surface area contributed by atoms with Crippen LogP contribution >= 0.6 is 0 Å². The van der Waals surface area contributed by atoms with Gasteiger partial charge in [0.05, 0.1) is 12.4 Å². The number of carboxylic acid groups (broad SMARTS) is 1. The zero-order chi connectivity index (χ0) is 32.2. The number of hydrogen-bond donors (Lipinski definition) is 9. The number of aromatic hydroxyl groups is 2. The van der Waals surface area contributed by atoms with Gasteiger partial charge in [-0.3, -0.25) is 19.2 Å². The minimum absolute atomic E-state index is 0.0167. The van der Waals surface area contributed by atoms with Crippen LogP contribution < -0.4 is 27.4 Å². The second kappa shape index (κ2) is 15.7. The molecule has 0 saturated carbocycles. The lowest BCUT2D eigenvalue weighted by molar-refractivity contribution is -0.142. The van der Waals surface area contributed by atoms with E-state index in [-0.39, 0.29) is 43.6 Å². The Hall–Kier alpha value is -5.44. The highest BCUT2D eigenvalue weighted by atomic mass is 16.4. The number of nitrogens with zero attached hydrogens (tertiary/aromatic N) is 1. The second-order valence-electron chi connectivity index (χ2n) is 10.2. The van der Waals surface area contributed by atoms with Crippen molar-refractivity contribution in [3.8, 4) is 11.5 Å². The summed E-state index contributed by atoms with van der Waals surface area (Å²) >= 11 is 0. The van der Waals surface area contributed by atoms with Crippen molar-refractivity contribution in [1.29, 1.82) is 0 Å². The molecule has 0 aliphatic carbocycles. The van der Waals surface area contributed by atoms with Crippen LogP contribution in [0.3, 0.4) is 0 Å². The Balaban J connectivity index is 1.75. The SMILES string of the molecule is NC(=O)CCC(NC(=O)C(Cc1cnc[nH]1)NC(=O)C(N)Cc1ccc(O)cc1)C(=O)NC(Cc1ccc(O)cc1)C(=O)O. The summed E-state index contributed by atoms with van der Waals surface area (Å²) in [7, 11) is 0. The number of imidazole rings is 1. The van der Waals surface area contributed by atoms with Gasteiger partial charge in [-0.2, -0.15) is 0 Å². The van der Waals surface area contributed by atoms with Crippen molar-refractivity contribution in [2.45, 2.75) is 56.3 Å². The number of nitrogens with one attached hydrogen (secondary N) is 4. The Morgan fingerprint density at radius 1 is 0.750 bits per heavy atom. The third kappa shape index (κ3) is 10.4. The Morgan fingerprint density at radius 3 is 1.80 bits per heavy atom. The van der Waals surface area contributed by atoms with Gasteiger partial charge in [0.25, 0.3) is 0 Å². The Bertz CT molecular complexity index is 1430. The van der Waals surface area contributed by atoms with Gasteiger partial charge < -0.3 is 47.7 Å². The van der Waals surface area contributed by atoms with Crippen molar-refractivity contribution in [1.82, 2.24) is 25.9 Å². The predicted octanol–water partition coefficient (Wildman–Crippen LogP) is -1.02. The summed E-state index contributed by atoms with van der Waals surface area (Å²) in [5.41, 5.74) is 13.0. The molecule has 0 bridgehead atoms. The lowest BCUT2D eigenvalue weighted by Gasteiger charge is -2.25. The molecule has 1 heterocycles. The number of phenols is 2. The lowest BCUT2D eigenvalue weighted by atomic mass is 10.0. The van der Waals surface area contributed by atoms with E-state index in [1.165, 1.54) is 48.9 Å². The molecule has 0 spiro atoms. The number of carboxylic acids is 1. The molecular weight excluding hydrogens is 574 g/mol. The third-order valence-electron chi connectivity index (χ3n) is 6.64. The van der Waals surface area contributed by atoms with Crippen LogP contribution in [0.5, 0.6) is 11.5 Å². The van der Waals surface area contributed by atoms with Crippen molar-refractivity contribution >= 4 is 29.6 Å². The van der Waals surface area contributed by atoms with E-state index in [1.807, 2.05) is 0 Å². The van der Waals surface area contributed by atoms with E-state index in [2.05, 4.69) is 25.9 Å². The zero-order valence-corrected chi connectivity index (χ0v) is 23.6. The fourth-order valence-corrected chi connectivity index (χ4v) is 4.25. The van der Waals surface area contributed by atoms with Gasteiger partial charge in [-0.05, 0) is 48.2 Å². The van der Waals surface area contributed by atoms with E-state index in [1.54, 1.807) is 12.1 Å². The van der Waals surface area contributed by atoms with Crippen molar-refractivity contribution in [2.75, 3.05) is 0 Å². The Morgan fingerprint density at radius 2 is 1.27 bits per heavy atom. The zero-order valence-electron chi connectivity index (χ0n) is 23.6. The van der Waals surface area contributed by atoms with Crippen molar-refractivity contribution < 1.29 is 39.3 Å². The highest BCUT2D eigenvalue weighted by Gasteiger charge is 2.31. The predicted molar refractivity (Wildman–Crippen MR) is 156 cm³/mol. The van der Waals surface area contributed by atoms with Crippen LogP contribution in [0.2, 0.25) is 0 Å². The molecule has 234 valence electrons. The smallest absolute Gasteiger partial charge is 0.326 e. The number of carbonyl (C=O) groups is 5. The molecule has 0 saturated heterocycles. The second-order valence-corrected chi connectivity index (χ2v) is 10.2. The highest BCUT2D eigenvalue weighted by molar-refractivity contribution is 5.94. The molecule has 15 heteroatoms. The monoisotopic (exact) mass is 609 g/mol. The number of nitrogens with two attached hydrogens (primary N) is 2. The summed E-state index contributed by atoms with van der Waals surface area (Å²) in [6.45, 7) is 0. The maximum absolute atomic E-state index is 13.5. The molecular formula is C29H35N7O8. The number of hydrogen-bond acceptors (Lipinski definition) is 9. The fourth-order valence-electron chi connectivity index (χ4n) is 4.25. The molecule has 0 fully saturated rings. The molecule has 4 atom stereocenters. The summed E-state index contributed by atoms with van der Waals surface area (Å²) in [4.78, 5) is 69.9. The molecule has 4 amide bonds. The first kappa shape index (κ1) is 33.1. The molecule has 4 unspecified atom stereocenters. The van der Waals surface area contributed by atoms with Crippen LogP contribution in [0.25, 0.3) is 0 Å². The van der Waals surface area contributed by atoms with Gasteiger partial charge in [0.2, 0.25) is 23.6 Å². The van der Waals surface area contributed by atoms with Crippen LogP contribution in [0.4, 0.5) is 0 Å². The molecule has 1 aromatic heterocycles. The molecule has 0 radical (unpaired) electrons. The van der Waals surface area contributed by atoms with Crippen LogP contribution in [0.15, 0.2) is 61.1 Å². The standard InChI is InChI=1S/C29H35N7O8/c30-21(11-16-1-5-19(37)6-2-16)26(40)35-23(13-18-14-32-15-33-18)28(42)34-22(9-10-25(31)39)27(41)36-24(29(43)44)12-17-3-7-20(38)8-4-17/h1-8,14-15,21-24,37-38H,9-13,30H2,(H2,31,39)(H,32,33)(H,34,42)(H,35,40)(H,36,41)(H,43,44). The van der Waals surface area contributed by atoms with Gasteiger partial charge in [0, 0.05) is 31.2 Å². The van der Waals surface area contributed by atoms with E-state index < -0.39 is 53.8 Å². The quantitative estimate of drug-likeness (QED) is 0.0954. The number of aromatic amines is 1. The molecule has 11 N–H and O–H groups in total. The number of aromatic nitrogens is 2. The van der Waals surface area contributed by atoms with Crippen LogP contribution in [0, 0.1) is 0 Å².